The van der Waals surface area contributed by atoms with Crippen molar-refractivity contribution in [2.75, 3.05) is 11.9 Å². The first-order chi connectivity index (χ1) is 9.24. The molecule has 2 rings (SSSR count). The molecule has 0 saturated heterocycles. The largest absolute Gasteiger partial charge is 0.384 e. The number of carbonyl (C=O) groups is 1. The van der Waals surface area contributed by atoms with Gasteiger partial charge in [0, 0.05) is 24.7 Å². The van der Waals surface area contributed by atoms with Gasteiger partial charge in [0.15, 0.2) is 0 Å². The number of fused-ring (bicyclic) bond motifs is 1. The van der Waals surface area contributed by atoms with Gasteiger partial charge in [0.25, 0.3) is 0 Å². The molecule has 1 aromatic rings. The van der Waals surface area contributed by atoms with Gasteiger partial charge in [0.2, 0.25) is 5.91 Å². The first-order valence-electron chi connectivity index (χ1n) is 6.80. The molecule has 1 amide bonds. The van der Waals surface area contributed by atoms with E-state index in [1.165, 1.54) is 5.56 Å². The van der Waals surface area contributed by atoms with E-state index >= 15 is 0 Å². The van der Waals surface area contributed by atoms with Gasteiger partial charge in [-0.15, -0.1) is 12.3 Å². The molecule has 0 spiro atoms. The van der Waals surface area contributed by atoms with Crippen molar-refractivity contribution in [2.45, 2.75) is 32.2 Å². The minimum absolute atomic E-state index is 0.0123. The molecule has 0 aromatic heterocycles. The first-order valence-corrected chi connectivity index (χ1v) is 6.80. The number of rotatable bonds is 4. The summed E-state index contributed by atoms with van der Waals surface area (Å²) in [5, 5.41) is 6.36. The molecule has 1 aliphatic rings. The van der Waals surface area contributed by atoms with Gasteiger partial charge >= 0.3 is 0 Å². The maximum atomic E-state index is 12.2. The SMILES string of the molecule is C#CCC(CC)NC(=O)C1CNc2ccccc2C1. The lowest BCUT2D eigenvalue weighted by Gasteiger charge is -2.27. The monoisotopic (exact) mass is 256 g/mol. The van der Waals surface area contributed by atoms with Gasteiger partial charge in [-0.2, -0.15) is 0 Å². The summed E-state index contributed by atoms with van der Waals surface area (Å²) in [6.07, 6.45) is 7.57. The van der Waals surface area contributed by atoms with E-state index in [1.54, 1.807) is 0 Å². The van der Waals surface area contributed by atoms with E-state index in [-0.39, 0.29) is 17.9 Å². The molecule has 0 fully saturated rings. The topological polar surface area (TPSA) is 41.1 Å². The summed E-state index contributed by atoms with van der Waals surface area (Å²) < 4.78 is 0. The second-order valence-electron chi connectivity index (χ2n) is 4.96. The van der Waals surface area contributed by atoms with Crippen LogP contribution in [0.1, 0.15) is 25.3 Å². The highest BCUT2D eigenvalue weighted by molar-refractivity contribution is 5.81. The molecule has 100 valence electrons. The summed E-state index contributed by atoms with van der Waals surface area (Å²) >= 11 is 0. The second kappa shape index (κ2) is 6.29. The third-order valence-electron chi connectivity index (χ3n) is 3.60. The molecule has 0 saturated carbocycles. The Morgan fingerprint density at radius 3 is 3.11 bits per heavy atom. The van der Waals surface area contributed by atoms with Gasteiger partial charge in [-0.25, -0.2) is 0 Å². The Hall–Kier alpha value is -1.95. The third-order valence-corrected chi connectivity index (χ3v) is 3.60. The van der Waals surface area contributed by atoms with Crippen LogP contribution >= 0.6 is 0 Å². The van der Waals surface area contributed by atoms with Crippen molar-refractivity contribution in [3.8, 4) is 12.3 Å². The maximum absolute atomic E-state index is 12.2. The summed E-state index contributed by atoms with van der Waals surface area (Å²) in [7, 11) is 0. The van der Waals surface area contributed by atoms with E-state index < -0.39 is 0 Å². The van der Waals surface area contributed by atoms with Gasteiger partial charge in [-0.3, -0.25) is 4.79 Å². The Labute approximate surface area is 114 Å². The summed E-state index contributed by atoms with van der Waals surface area (Å²) in [5.74, 6) is 2.70. The van der Waals surface area contributed by atoms with Crippen LogP contribution < -0.4 is 10.6 Å². The van der Waals surface area contributed by atoms with Crippen LogP contribution in [-0.4, -0.2) is 18.5 Å². The zero-order chi connectivity index (χ0) is 13.7. The standard InChI is InChI=1S/C16H20N2O/c1-3-7-14(4-2)18-16(19)13-10-12-8-5-6-9-15(12)17-11-13/h1,5-6,8-9,13-14,17H,4,7,10-11H2,2H3,(H,18,19). The highest BCUT2D eigenvalue weighted by Gasteiger charge is 2.25. The van der Waals surface area contributed by atoms with Crippen molar-refractivity contribution in [1.29, 1.82) is 0 Å². The predicted molar refractivity (Wildman–Crippen MR) is 77.8 cm³/mol. The fourth-order valence-corrected chi connectivity index (χ4v) is 2.39. The Morgan fingerprint density at radius 2 is 2.37 bits per heavy atom. The molecule has 2 N–H and O–H groups in total. The van der Waals surface area contributed by atoms with E-state index in [1.807, 2.05) is 19.1 Å². The molecule has 3 nitrogen and oxygen atoms in total. The predicted octanol–water partition coefficient (Wildman–Crippen LogP) is 2.19. The van der Waals surface area contributed by atoms with E-state index in [0.717, 1.165) is 18.5 Å². The minimum atomic E-state index is -0.0123. The van der Waals surface area contributed by atoms with Crippen molar-refractivity contribution in [1.82, 2.24) is 5.32 Å². The minimum Gasteiger partial charge on any atom is -0.384 e. The average molecular weight is 256 g/mol. The number of anilines is 1. The number of amides is 1. The normalized spacial score (nSPS) is 18.6. The Kier molecular flexibility index (Phi) is 4.46. The van der Waals surface area contributed by atoms with Crippen LogP contribution in [0.15, 0.2) is 24.3 Å². The summed E-state index contributed by atoms with van der Waals surface area (Å²) in [4.78, 5) is 12.2. The van der Waals surface area contributed by atoms with Crippen LogP contribution in [0.3, 0.4) is 0 Å². The number of para-hydroxylation sites is 1. The van der Waals surface area contributed by atoms with E-state index in [4.69, 9.17) is 6.42 Å². The summed E-state index contributed by atoms with van der Waals surface area (Å²) in [5.41, 5.74) is 2.35. The molecule has 2 unspecified atom stereocenters. The van der Waals surface area contributed by atoms with Crippen LogP contribution in [0.4, 0.5) is 5.69 Å². The molecule has 0 radical (unpaired) electrons. The number of carbonyl (C=O) groups excluding carboxylic acids is 1. The van der Waals surface area contributed by atoms with Gasteiger partial charge in [-0.05, 0) is 24.5 Å². The van der Waals surface area contributed by atoms with Crippen LogP contribution in [0, 0.1) is 18.3 Å². The zero-order valence-corrected chi connectivity index (χ0v) is 11.3. The number of nitrogens with one attached hydrogen (secondary N) is 2. The number of hydrogen-bond acceptors (Lipinski definition) is 2. The van der Waals surface area contributed by atoms with E-state index in [9.17, 15) is 4.79 Å². The van der Waals surface area contributed by atoms with Crippen molar-refractivity contribution in [3.05, 3.63) is 29.8 Å². The third kappa shape index (κ3) is 3.29. The van der Waals surface area contributed by atoms with Crippen LogP contribution in [0.5, 0.6) is 0 Å². The van der Waals surface area contributed by atoms with Gasteiger partial charge < -0.3 is 10.6 Å². The smallest absolute Gasteiger partial charge is 0.225 e. The molecule has 3 heteroatoms. The summed E-state index contributed by atoms with van der Waals surface area (Å²) in [6, 6.07) is 8.23. The fourth-order valence-electron chi connectivity index (χ4n) is 2.39. The van der Waals surface area contributed by atoms with Gasteiger partial charge in [0.05, 0.1) is 5.92 Å². The first kappa shape index (κ1) is 13.5. The molecule has 0 bridgehead atoms. The van der Waals surface area contributed by atoms with Crippen molar-refractivity contribution in [2.24, 2.45) is 5.92 Å². The number of hydrogen-bond donors (Lipinski definition) is 2. The average Bonchev–Trinajstić information content (AvgIpc) is 2.46. The molecular weight excluding hydrogens is 236 g/mol. The van der Waals surface area contributed by atoms with E-state index in [2.05, 4.69) is 28.7 Å². The van der Waals surface area contributed by atoms with Crippen molar-refractivity contribution in [3.63, 3.8) is 0 Å². The fraction of sp³-hybridized carbons (Fsp3) is 0.438. The van der Waals surface area contributed by atoms with Gasteiger partial charge in [0.1, 0.15) is 0 Å². The highest BCUT2D eigenvalue weighted by Crippen LogP contribution is 2.24. The van der Waals surface area contributed by atoms with Crippen LogP contribution in [-0.2, 0) is 11.2 Å². The van der Waals surface area contributed by atoms with E-state index in [0.29, 0.717) is 13.0 Å². The number of terminal acetylenes is 1. The molecule has 2 atom stereocenters. The Bertz CT molecular complexity index is 490. The second-order valence-corrected chi connectivity index (χ2v) is 4.96. The molecule has 0 aliphatic carbocycles. The van der Waals surface area contributed by atoms with Gasteiger partial charge in [-0.1, -0.05) is 25.1 Å². The highest BCUT2D eigenvalue weighted by atomic mass is 16.2. The van der Waals surface area contributed by atoms with Crippen LogP contribution in [0.25, 0.3) is 0 Å². The molecular formula is C16H20N2O. The molecule has 19 heavy (non-hydrogen) atoms. The lowest BCUT2D eigenvalue weighted by atomic mass is 9.93. The Morgan fingerprint density at radius 1 is 1.58 bits per heavy atom. The van der Waals surface area contributed by atoms with Crippen molar-refractivity contribution < 1.29 is 4.79 Å². The lowest BCUT2D eigenvalue weighted by molar-refractivity contribution is -0.125. The molecule has 1 aliphatic heterocycles. The van der Waals surface area contributed by atoms with Crippen LogP contribution in [0.2, 0.25) is 0 Å². The number of benzene rings is 1. The van der Waals surface area contributed by atoms with Crippen molar-refractivity contribution >= 4 is 11.6 Å². The maximum Gasteiger partial charge on any atom is 0.225 e. The molecule has 1 heterocycles. The summed E-state index contributed by atoms with van der Waals surface area (Å²) in [6.45, 7) is 2.73. The lowest BCUT2D eigenvalue weighted by Crippen LogP contribution is -2.42. The zero-order valence-electron chi connectivity index (χ0n) is 11.3. The Balaban J connectivity index is 1.97. The quantitative estimate of drug-likeness (QED) is 0.811. The molecule has 1 aromatic carbocycles.